The van der Waals surface area contributed by atoms with Crippen LogP contribution in [0.2, 0.25) is 0 Å². The van der Waals surface area contributed by atoms with Crippen molar-refractivity contribution in [3.05, 3.63) is 6.20 Å². The van der Waals surface area contributed by atoms with Gasteiger partial charge >= 0.3 is 0 Å². The van der Waals surface area contributed by atoms with Crippen molar-refractivity contribution in [2.24, 2.45) is 5.92 Å². The minimum Gasteiger partial charge on any atom is -0.367 e. The fourth-order valence-electron chi connectivity index (χ4n) is 3.19. The highest BCUT2D eigenvalue weighted by Crippen LogP contribution is 2.25. The molecule has 1 amide bonds. The van der Waals surface area contributed by atoms with Crippen molar-refractivity contribution in [2.75, 3.05) is 18.1 Å². The first kappa shape index (κ1) is 18.0. The number of nitrogens with one attached hydrogen (secondary N) is 2. The first-order valence-electron chi connectivity index (χ1n) is 8.90. The number of amides is 1. The van der Waals surface area contributed by atoms with Crippen molar-refractivity contribution in [3.63, 3.8) is 0 Å². The van der Waals surface area contributed by atoms with Crippen LogP contribution in [0, 0.1) is 5.92 Å². The standard InChI is InChI=1S/C17H26N6OS/c1-11(2)20-14-13-10-19-23(15(13)22-17(21-14)25-3)9-8-18-16(24)12-6-4-5-7-12/h10-12H,4-9H2,1-3H3,(H,18,24)(H,20,21,22). The number of fused-ring (bicyclic) bond motifs is 1. The smallest absolute Gasteiger partial charge is 0.223 e. The molecule has 0 unspecified atom stereocenters. The minimum atomic E-state index is 0.176. The van der Waals surface area contributed by atoms with Gasteiger partial charge in [0.25, 0.3) is 0 Å². The summed E-state index contributed by atoms with van der Waals surface area (Å²) in [5.74, 6) is 1.18. The van der Waals surface area contributed by atoms with Crippen LogP contribution in [0.4, 0.5) is 5.82 Å². The first-order chi connectivity index (χ1) is 12.1. The predicted molar refractivity (Wildman–Crippen MR) is 101 cm³/mol. The molecule has 1 aliphatic rings. The Labute approximate surface area is 152 Å². The lowest BCUT2D eigenvalue weighted by atomic mass is 10.1. The number of carbonyl (C=O) groups excluding carboxylic acids is 1. The lowest BCUT2D eigenvalue weighted by Crippen LogP contribution is -2.32. The molecule has 0 aromatic carbocycles. The summed E-state index contributed by atoms with van der Waals surface area (Å²) in [5.41, 5.74) is 0.803. The summed E-state index contributed by atoms with van der Waals surface area (Å²) < 4.78 is 1.84. The van der Waals surface area contributed by atoms with Gasteiger partial charge in [0, 0.05) is 18.5 Å². The van der Waals surface area contributed by atoms with Crippen molar-refractivity contribution >= 4 is 34.5 Å². The molecule has 8 heteroatoms. The van der Waals surface area contributed by atoms with E-state index in [1.807, 2.05) is 10.9 Å². The number of hydrogen-bond donors (Lipinski definition) is 2. The molecule has 1 aliphatic carbocycles. The van der Waals surface area contributed by atoms with Crippen LogP contribution >= 0.6 is 11.8 Å². The lowest BCUT2D eigenvalue weighted by Gasteiger charge is -2.12. The van der Waals surface area contributed by atoms with Gasteiger partial charge in [0.05, 0.1) is 18.1 Å². The maximum atomic E-state index is 12.1. The zero-order valence-electron chi connectivity index (χ0n) is 15.1. The van der Waals surface area contributed by atoms with Crippen molar-refractivity contribution in [1.82, 2.24) is 25.1 Å². The summed E-state index contributed by atoms with van der Waals surface area (Å²) in [7, 11) is 0. The molecule has 0 aliphatic heterocycles. The Bertz CT molecular complexity index is 738. The van der Waals surface area contributed by atoms with Gasteiger partial charge in [-0.1, -0.05) is 24.6 Å². The van der Waals surface area contributed by atoms with Gasteiger partial charge in [-0.2, -0.15) is 5.10 Å². The van der Waals surface area contributed by atoms with Crippen LogP contribution in [-0.4, -0.2) is 44.5 Å². The zero-order chi connectivity index (χ0) is 17.8. The van der Waals surface area contributed by atoms with Crippen molar-refractivity contribution in [2.45, 2.75) is 57.3 Å². The maximum absolute atomic E-state index is 12.1. The third-order valence-electron chi connectivity index (χ3n) is 4.43. The Morgan fingerprint density at radius 3 is 2.80 bits per heavy atom. The van der Waals surface area contributed by atoms with Gasteiger partial charge < -0.3 is 10.6 Å². The van der Waals surface area contributed by atoms with Gasteiger partial charge in [-0.05, 0) is 32.9 Å². The monoisotopic (exact) mass is 362 g/mol. The van der Waals surface area contributed by atoms with Crippen molar-refractivity contribution < 1.29 is 4.79 Å². The van der Waals surface area contributed by atoms with Gasteiger partial charge in [0.2, 0.25) is 5.91 Å². The molecule has 1 saturated carbocycles. The average molecular weight is 363 g/mol. The predicted octanol–water partition coefficient (Wildman–Crippen LogP) is 2.67. The van der Waals surface area contributed by atoms with E-state index in [4.69, 9.17) is 0 Å². The summed E-state index contributed by atoms with van der Waals surface area (Å²) in [6.45, 7) is 5.33. The summed E-state index contributed by atoms with van der Waals surface area (Å²) >= 11 is 1.51. The SMILES string of the molecule is CSc1nc(NC(C)C)c2cnn(CCNC(=O)C3CCCC3)c2n1. The van der Waals surface area contributed by atoms with Gasteiger partial charge in [0.15, 0.2) is 10.8 Å². The fraction of sp³-hybridized carbons (Fsp3) is 0.647. The van der Waals surface area contributed by atoms with E-state index in [1.54, 1.807) is 6.20 Å². The van der Waals surface area contributed by atoms with Crippen LogP contribution in [0.15, 0.2) is 11.4 Å². The Balaban J connectivity index is 1.72. The van der Waals surface area contributed by atoms with Crippen LogP contribution < -0.4 is 10.6 Å². The molecule has 0 bridgehead atoms. The minimum absolute atomic E-state index is 0.176. The fourth-order valence-corrected chi connectivity index (χ4v) is 3.55. The molecule has 2 N–H and O–H groups in total. The van der Waals surface area contributed by atoms with E-state index in [-0.39, 0.29) is 17.9 Å². The lowest BCUT2D eigenvalue weighted by molar-refractivity contribution is -0.124. The highest BCUT2D eigenvalue weighted by Gasteiger charge is 2.22. The highest BCUT2D eigenvalue weighted by atomic mass is 32.2. The van der Waals surface area contributed by atoms with Gasteiger partial charge in [-0.15, -0.1) is 0 Å². The number of carbonyl (C=O) groups is 1. The van der Waals surface area contributed by atoms with Crippen LogP contribution in [0.25, 0.3) is 11.0 Å². The van der Waals surface area contributed by atoms with E-state index in [2.05, 4.69) is 39.5 Å². The largest absolute Gasteiger partial charge is 0.367 e. The Morgan fingerprint density at radius 1 is 1.36 bits per heavy atom. The number of aromatic nitrogens is 4. The topological polar surface area (TPSA) is 84.7 Å². The molecule has 0 saturated heterocycles. The van der Waals surface area contributed by atoms with Gasteiger partial charge in [-0.3, -0.25) is 4.79 Å². The van der Waals surface area contributed by atoms with Crippen molar-refractivity contribution in [1.29, 1.82) is 0 Å². The number of anilines is 1. The van der Waals surface area contributed by atoms with Crippen LogP contribution in [-0.2, 0) is 11.3 Å². The van der Waals surface area contributed by atoms with Crippen molar-refractivity contribution in [3.8, 4) is 0 Å². The summed E-state index contributed by atoms with van der Waals surface area (Å²) in [6.07, 6.45) is 8.13. The number of rotatable bonds is 7. The summed E-state index contributed by atoms with van der Waals surface area (Å²) in [6, 6.07) is 0.279. The number of thioether (sulfide) groups is 1. The Hall–Kier alpha value is -1.83. The quantitative estimate of drug-likeness (QED) is 0.582. The maximum Gasteiger partial charge on any atom is 0.223 e. The second-order valence-electron chi connectivity index (χ2n) is 6.74. The van der Waals surface area contributed by atoms with E-state index >= 15 is 0 Å². The van der Waals surface area contributed by atoms with E-state index in [1.165, 1.54) is 24.6 Å². The van der Waals surface area contributed by atoms with E-state index in [0.29, 0.717) is 18.2 Å². The van der Waals surface area contributed by atoms with E-state index in [9.17, 15) is 4.79 Å². The molecule has 0 atom stereocenters. The molecule has 0 radical (unpaired) electrons. The normalized spacial score (nSPS) is 15.2. The third kappa shape index (κ3) is 4.23. The molecule has 1 fully saturated rings. The second kappa shape index (κ2) is 8.03. The van der Waals surface area contributed by atoms with Gasteiger partial charge in [0.1, 0.15) is 5.82 Å². The van der Waals surface area contributed by atoms with Crippen LogP contribution in [0.3, 0.4) is 0 Å². The second-order valence-corrected chi connectivity index (χ2v) is 7.51. The molecular weight excluding hydrogens is 336 g/mol. The molecule has 2 heterocycles. The van der Waals surface area contributed by atoms with Gasteiger partial charge in [-0.25, -0.2) is 14.6 Å². The highest BCUT2D eigenvalue weighted by molar-refractivity contribution is 7.98. The number of nitrogens with zero attached hydrogens (tertiary/aromatic N) is 4. The molecule has 3 rings (SSSR count). The molecule has 25 heavy (non-hydrogen) atoms. The molecule has 7 nitrogen and oxygen atoms in total. The van der Waals surface area contributed by atoms with Crippen LogP contribution in [0.5, 0.6) is 0 Å². The summed E-state index contributed by atoms with van der Waals surface area (Å²) in [4.78, 5) is 21.3. The molecule has 2 aromatic rings. The average Bonchev–Trinajstić information content (AvgIpc) is 3.24. The van der Waals surface area contributed by atoms with E-state index < -0.39 is 0 Å². The zero-order valence-corrected chi connectivity index (χ0v) is 15.9. The summed E-state index contributed by atoms with van der Waals surface area (Å²) in [5, 5.41) is 12.5. The molecule has 0 spiro atoms. The first-order valence-corrected chi connectivity index (χ1v) is 10.1. The molecular formula is C17H26N6OS. The third-order valence-corrected chi connectivity index (χ3v) is 4.98. The Morgan fingerprint density at radius 2 is 2.12 bits per heavy atom. The molecule has 2 aromatic heterocycles. The molecule has 136 valence electrons. The van der Waals surface area contributed by atoms with Crippen LogP contribution in [0.1, 0.15) is 39.5 Å². The van der Waals surface area contributed by atoms with E-state index in [0.717, 1.165) is 29.7 Å². The number of hydrogen-bond acceptors (Lipinski definition) is 6. The Kier molecular flexibility index (Phi) is 5.78.